The van der Waals surface area contributed by atoms with Crippen molar-refractivity contribution in [1.29, 1.82) is 0 Å². The van der Waals surface area contributed by atoms with Crippen LogP contribution in [-0.4, -0.2) is 95.6 Å². The fourth-order valence-corrected chi connectivity index (χ4v) is 2.56. The number of carboxylic acids is 6. The Morgan fingerprint density at radius 3 is 1.22 bits per heavy atom. The standard InChI is InChI=1S/C17H21NO16.ClH.2Na.2H/c18-7(13(28)34-17(15(31)32,5-10(23)24)6-11(25)26)1-2-12(27)33-16(14(29)30,3-8(19)20)4-9(21)22;;;;;/h7H,1-6,18H2,(H,19,20)(H,21,22)(H,23,24)(H,25,26)(H,29,30)(H,31,32);1H;;;;/q;;2*+1;2*-1/t7-;;;;;/m0...../s1. The molecule has 0 unspecified atom stereocenters. The molecule has 8 N–H and O–H groups in total. The molecule has 0 aliphatic carbocycles. The number of ether oxygens (including phenoxy) is 2. The van der Waals surface area contributed by atoms with Crippen molar-refractivity contribution in [3.63, 3.8) is 0 Å². The number of esters is 2. The van der Waals surface area contributed by atoms with Crippen LogP contribution in [0.2, 0.25) is 0 Å². The van der Waals surface area contributed by atoms with Crippen LogP contribution < -0.4 is 64.8 Å². The molecule has 1 atom stereocenters. The van der Waals surface area contributed by atoms with E-state index in [4.69, 9.17) is 26.2 Å². The van der Waals surface area contributed by atoms with Crippen molar-refractivity contribution >= 4 is 60.2 Å². The predicted molar refractivity (Wildman–Crippen MR) is 109 cm³/mol. The van der Waals surface area contributed by atoms with Gasteiger partial charge in [-0.3, -0.25) is 28.8 Å². The normalized spacial score (nSPS) is 11.2. The molecule has 0 saturated carbocycles. The van der Waals surface area contributed by atoms with Crippen molar-refractivity contribution in [2.24, 2.45) is 5.73 Å². The molecule has 0 aliphatic rings. The Morgan fingerprint density at radius 1 is 0.649 bits per heavy atom. The zero-order valence-electron chi connectivity index (χ0n) is 21.6. The van der Waals surface area contributed by atoms with Gasteiger partial charge >= 0.3 is 107 Å². The first kappa shape index (κ1) is 42.1. The monoisotopic (exact) mass is 579 g/mol. The van der Waals surface area contributed by atoms with E-state index in [-0.39, 0.29) is 74.4 Å². The largest absolute Gasteiger partial charge is 1.00 e. The Balaban J connectivity index is -0.000000544. The number of carbonyl (C=O) groups excluding carboxylic acids is 2. The van der Waals surface area contributed by atoms with E-state index in [1.54, 1.807) is 0 Å². The van der Waals surface area contributed by atoms with Crippen LogP contribution in [0.15, 0.2) is 0 Å². The van der Waals surface area contributed by atoms with Crippen LogP contribution in [0.3, 0.4) is 0 Å². The van der Waals surface area contributed by atoms with Crippen molar-refractivity contribution < 1.29 is 140 Å². The molecule has 0 saturated heterocycles. The quantitative estimate of drug-likeness (QED) is 0.0659. The summed E-state index contributed by atoms with van der Waals surface area (Å²) < 4.78 is 9.07. The Kier molecular flexibility index (Phi) is 20.8. The molecule has 0 radical (unpaired) electrons. The number of carbonyl (C=O) groups is 8. The summed E-state index contributed by atoms with van der Waals surface area (Å²) in [5, 5.41) is 53.8. The fourth-order valence-electron chi connectivity index (χ4n) is 2.56. The second-order valence-electron chi connectivity index (χ2n) is 6.92. The molecule has 0 aromatic rings. The zero-order chi connectivity index (χ0) is 26.9. The van der Waals surface area contributed by atoms with Crippen LogP contribution >= 0.6 is 12.4 Å². The van der Waals surface area contributed by atoms with Gasteiger partial charge in [-0.25, -0.2) is 9.59 Å². The number of hydrogen-bond acceptors (Lipinski definition) is 11. The third-order valence-corrected chi connectivity index (χ3v) is 4.09. The van der Waals surface area contributed by atoms with Crippen LogP contribution in [0, 0.1) is 0 Å². The second-order valence-corrected chi connectivity index (χ2v) is 6.92. The van der Waals surface area contributed by atoms with Gasteiger partial charge in [0.05, 0.1) is 25.7 Å². The van der Waals surface area contributed by atoms with Crippen molar-refractivity contribution in [1.82, 2.24) is 0 Å². The maximum atomic E-state index is 12.1. The summed E-state index contributed by atoms with van der Waals surface area (Å²) in [6.07, 6.45) is -7.38. The minimum Gasteiger partial charge on any atom is -1.00 e. The third kappa shape index (κ3) is 14.5. The van der Waals surface area contributed by atoms with E-state index >= 15 is 0 Å². The second kappa shape index (κ2) is 18.3. The molecule has 17 nitrogen and oxygen atoms in total. The van der Waals surface area contributed by atoms with Gasteiger partial charge in [-0.2, -0.15) is 0 Å². The van der Waals surface area contributed by atoms with Gasteiger partial charge in [0.1, 0.15) is 6.04 Å². The summed E-state index contributed by atoms with van der Waals surface area (Å²) in [4.78, 5) is 90.7. The topological polar surface area (TPSA) is 302 Å². The molecule has 202 valence electrons. The maximum absolute atomic E-state index is 12.1. The number of carboxylic acid groups (broad SMARTS) is 6. The van der Waals surface area contributed by atoms with Crippen molar-refractivity contribution in [2.45, 2.75) is 55.8 Å². The Bertz CT molecular complexity index is 874. The first-order valence-electron chi connectivity index (χ1n) is 9.00. The first-order chi connectivity index (χ1) is 15.5. The number of aliphatic carboxylic acids is 6. The average Bonchev–Trinajstić information content (AvgIpc) is 2.63. The van der Waals surface area contributed by atoms with Crippen LogP contribution in [0.25, 0.3) is 0 Å². The summed E-state index contributed by atoms with van der Waals surface area (Å²) in [7, 11) is 0. The predicted octanol–water partition coefficient (Wildman–Crippen LogP) is -7.62. The molecule has 0 rings (SSSR count). The van der Waals surface area contributed by atoms with Crippen LogP contribution in [0.1, 0.15) is 41.4 Å². The van der Waals surface area contributed by atoms with E-state index in [2.05, 4.69) is 9.47 Å². The summed E-state index contributed by atoms with van der Waals surface area (Å²) in [6.45, 7) is 0. The van der Waals surface area contributed by atoms with Gasteiger partial charge in [-0.1, -0.05) is 0 Å². The molecule has 0 bridgehead atoms. The number of hydrogen-bond donors (Lipinski definition) is 7. The van der Waals surface area contributed by atoms with Crippen LogP contribution in [0.5, 0.6) is 0 Å². The van der Waals surface area contributed by atoms with E-state index in [1.807, 2.05) is 0 Å². The van der Waals surface area contributed by atoms with E-state index in [0.717, 1.165) is 0 Å². The van der Waals surface area contributed by atoms with Crippen molar-refractivity contribution in [2.75, 3.05) is 0 Å². The van der Waals surface area contributed by atoms with Gasteiger partial charge < -0.3 is 48.7 Å². The number of rotatable bonds is 16. The van der Waals surface area contributed by atoms with E-state index in [9.17, 15) is 48.6 Å². The Labute approximate surface area is 260 Å². The minimum absolute atomic E-state index is 0. The molecule has 0 heterocycles. The fraction of sp³-hybridized carbons (Fsp3) is 0.529. The zero-order valence-corrected chi connectivity index (χ0v) is 24.4. The molecule has 20 heteroatoms. The number of halogens is 1. The van der Waals surface area contributed by atoms with E-state index < -0.39 is 104 Å². The van der Waals surface area contributed by atoms with Gasteiger partial charge in [0.15, 0.2) is 0 Å². The molecular formula is C17H24ClNNa2O16. The SMILES string of the molecule is Cl.N[C@@H](CCC(=O)OC(CC(=O)O)(CC(=O)O)C(=O)O)C(=O)OC(CC(=O)O)(CC(=O)O)C(=O)O.[H-].[H-].[Na+].[Na+]. The molecular weight excluding hydrogens is 556 g/mol. The Hall–Kier alpha value is -1.99. The summed E-state index contributed by atoms with van der Waals surface area (Å²) in [5.74, 6) is -14.6. The average molecular weight is 580 g/mol. The van der Waals surface area contributed by atoms with Crippen LogP contribution in [0.4, 0.5) is 0 Å². The van der Waals surface area contributed by atoms with Crippen LogP contribution in [-0.2, 0) is 47.8 Å². The van der Waals surface area contributed by atoms with Crippen molar-refractivity contribution in [3.05, 3.63) is 0 Å². The minimum atomic E-state index is -3.03. The smallest absolute Gasteiger partial charge is 1.00 e. The molecule has 37 heavy (non-hydrogen) atoms. The molecule has 0 amide bonds. The Morgan fingerprint density at radius 2 is 0.946 bits per heavy atom. The number of nitrogens with two attached hydrogens (primary N) is 1. The van der Waals surface area contributed by atoms with E-state index in [1.165, 1.54) is 0 Å². The van der Waals surface area contributed by atoms with E-state index in [0.29, 0.717) is 0 Å². The summed E-state index contributed by atoms with van der Waals surface area (Å²) in [5.41, 5.74) is -0.574. The molecule has 0 aromatic carbocycles. The maximum Gasteiger partial charge on any atom is 1.00 e. The first-order valence-corrected chi connectivity index (χ1v) is 9.00. The molecule has 0 aromatic heterocycles. The van der Waals surface area contributed by atoms with Gasteiger partial charge in [0.25, 0.3) is 0 Å². The molecule has 0 aliphatic heterocycles. The van der Waals surface area contributed by atoms with Gasteiger partial charge in [0, 0.05) is 6.42 Å². The summed E-state index contributed by atoms with van der Waals surface area (Å²) >= 11 is 0. The van der Waals surface area contributed by atoms with Gasteiger partial charge in [-0.15, -0.1) is 12.4 Å². The van der Waals surface area contributed by atoms with Gasteiger partial charge in [0.2, 0.25) is 11.2 Å². The van der Waals surface area contributed by atoms with Crippen molar-refractivity contribution in [3.8, 4) is 0 Å². The third-order valence-electron chi connectivity index (χ3n) is 4.09. The molecule has 0 spiro atoms. The van der Waals surface area contributed by atoms with Gasteiger partial charge in [-0.05, 0) is 6.42 Å². The molecule has 0 fully saturated rings. The summed E-state index contributed by atoms with van der Waals surface area (Å²) in [6, 6.07) is -1.87.